The molecular weight excluding hydrogens is 340 g/mol. The molecule has 2 fully saturated rings. The van der Waals surface area contributed by atoms with Crippen molar-refractivity contribution in [3.63, 3.8) is 0 Å². The van der Waals surface area contributed by atoms with Crippen LogP contribution in [-0.2, 0) is 26.0 Å². The van der Waals surface area contributed by atoms with Crippen LogP contribution in [0.2, 0.25) is 0 Å². The van der Waals surface area contributed by atoms with Gasteiger partial charge in [0.15, 0.2) is 0 Å². The SMILES string of the molecule is Cc1ccccc1CC(=O)N1CC2(CCC(CNS(C)(=O)=O)CO2)C1. The van der Waals surface area contributed by atoms with E-state index in [1.807, 2.05) is 36.1 Å². The largest absolute Gasteiger partial charge is 0.371 e. The third-order valence-corrected chi connectivity index (χ3v) is 5.87. The van der Waals surface area contributed by atoms with Gasteiger partial charge in [-0.3, -0.25) is 4.79 Å². The van der Waals surface area contributed by atoms with Gasteiger partial charge in [0.05, 0.1) is 32.4 Å². The van der Waals surface area contributed by atoms with Gasteiger partial charge in [-0.25, -0.2) is 13.1 Å². The molecule has 1 aromatic rings. The molecule has 7 heteroatoms. The average Bonchev–Trinajstić information content (AvgIpc) is 2.52. The minimum Gasteiger partial charge on any atom is -0.371 e. The Morgan fingerprint density at radius 1 is 1.36 bits per heavy atom. The number of aryl methyl sites for hydroxylation is 1. The lowest BCUT2D eigenvalue weighted by Gasteiger charge is -2.52. The number of likely N-dealkylation sites (tertiary alicyclic amines) is 1. The molecule has 0 saturated carbocycles. The van der Waals surface area contributed by atoms with Gasteiger partial charge < -0.3 is 9.64 Å². The summed E-state index contributed by atoms with van der Waals surface area (Å²) in [6, 6.07) is 7.96. The summed E-state index contributed by atoms with van der Waals surface area (Å²) in [6.45, 7) is 4.27. The van der Waals surface area contributed by atoms with Crippen LogP contribution in [0, 0.1) is 12.8 Å². The Morgan fingerprint density at radius 3 is 2.68 bits per heavy atom. The molecule has 0 radical (unpaired) electrons. The third-order valence-electron chi connectivity index (χ3n) is 5.18. The maximum absolute atomic E-state index is 12.4. The first kappa shape index (κ1) is 18.4. The number of nitrogens with zero attached hydrogens (tertiary/aromatic N) is 1. The van der Waals surface area contributed by atoms with Crippen molar-refractivity contribution >= 4 is 15.9 Å². The molecule has 1 unspecified atom stereocenters. The second-order valence-electron chi connectivity index (χ2n) is 7.37. The number of amides is 1. The van der Waals surface area contributed by atoms with Crippen molar-refractivity contribution in [1.29, 1.82) is 0 Å². The molecule has 1 spiro atoms. The molecule has 3 rings (SSSR count). The summed E-state index contributed by atoms with van der Waals surface area (Å²) >= 11 is 0. The number of carbonyl (C=O) groups excluding carboxylic acids is 1. The number of sulfonamides is 1. The van der Waals surface area contributed by atoms with Crippen LogP contribution in [0.1, 0.15) is 24.0 Å². The number of benzene rings is 1. The van der Waals surface area contributed by atoms with Crippen LogP contribution in [0.25, 0.3) is 0 Å². The van der Waals surface area contributed by atoms with E-state index in [-0.39, 0.29) is 17.4 Å². The summed E-state index contributed by atoms with van der Waals surface area (Å²) in [5.41, 5.74) is 1.99. The molecule has 0 bridgehead atoms. The normalized spacial score (nSPS) is 22.6. The highest BCUT2D eigenvalue weighted by atomic mass is 32.2. The van der Waals surface area contributed by atoms with Gasteiger partial charge >= 0.3 is 0 Å². The average molecular weight is 366 g/mol. The summed E-state index contributed by atoms with van der Waals surface area (Å²) in [7, 11) is -3.16. The summed E-state index contributed by atoms with van der Waals surface area (Å²) < 4.78 is 30.9. The van der Waals surface area contributed by atoms with E-state index >= 15 is 0 Å². The molecule has 2 saturated heterocycles. The van der Waals surface area contributed by atoms with Crippen molar-refractivity contribution in [3.8, 4) is 0 Å². The minimum absolute atomic E-state index is 0.143. The molecule has 1 atom stereocenters. The second kappa shape index (κ2) is 7.05. The van der Waals surface area contributed by atoms with E-state index in [1.165, 1.54) is 6.26 Å². The van der Waals surface area contributed by atoms with Crippen molar-refractivity contribution < 1.29 is 17.9 Å². The van der Waals surface area contributed by atoms with E-state index in [0.717, 1.165) is 24.0 Å². The monoisotopic (exact) mass is 366 g/mol. The maximum Gasteiger partial charge on any atom is 0.227 e. The van der Waals surface area contributed by atoms with Crippen LogP contribution in [0.15, 0.2) is 24.3 Å². The topological polar surface area (TPSA) is 75.7 Å². The van der Waals surface area contributed by atoms with E-state index in [9.17, 15) is 13.2 Å². The quantitative estimate of drug-likeness (QED) is 0.847. The van der Waals surface area contributed by atoms with Crippen molar-refractivity contribution in [1.82, 2.24) is 9.62 Å². The van der Waals surface area contributed by atoms with Gasteiger partial charge in [0.1, 0.15) is 5.60 Å². The van der Waals surface area contributed by atoms with Gasteiger partial charge in [-0.05, 0) is 36.8 Å². The third kappa shape index (κ3) is 4.59. The summed E-state index contributed by atoms with van der Waals surface area (Å²) in [4.78, 5) is 14.3. The van der Waals surface area contributed by atoms with Crippen LogP contribution in [-0.4, -0.2) is 57.3 Å². The van der Waals surface area contributed by atoms with E-state index in [2.05, 4.69) is 4.72 Å². The highest BCUT2D eigenvalue weighted by Gasteiger charge is 2.48. The van der Waals surface area contributed by atoms with Crippen molar-refractivity contribution in [2.75, 3.05) is 32.5 Å². The van der Waals surface area contributed by atoms with Crippen molar-refractivity contribution in [2.45, 2.75) is 31.8 Å². The highest BCUT2D eigenvalue weighted by molar-refractivity contribution is 7.88. The van der Waals surface area contributed by atoms with Gasteiger partial charge in [-0.2, -0.15) is 0 Å². The predicted molar refractivity (Wildman–Crippen MR) is 95.7 cm³/mol. The summed E-state index contributed by atoms with van der Waals surface area (Å²) in [5.74, 6) is 0.349. The smallest absolute Gasteiger partial charge is 0.227 e. The first-order valence-corrected chi connectivity index (χ1v) is 10.6. The zero-order valence-electron chi connectivity index (χ0n) is 14.8. The molecular formula is C18H26N2O4S. The zero-order chi connectivity index (χ0) is 18.1. The summed E-state index contributed by atoms with van der Waals surface area (Å²) in [5, 5.41) is 0. The number of hydrogen-bond donors (Lipinski definition) is 1. The van der Waals surface area contributed by atoms with Crippen LogP contribution >= 0.6 is 0 Å². The van der Waals surface area contributed by atoms with Crippen LogP contribution in [0.5, 0.6) is 0 Å². The summed E-state index contributed by atoms with van der Waals surface area (Å²) in [6.07, 6.45) is 3.39. The highest BCUT2D eigenvalue weighted by Crippen LogP contribution is 2.36. The Kier molecular flexibility index (Phi) is 5.18. The molecule has 1 amide bonds. The number of carbonyl (C=O) groups is 1. The first-order chi connectivity index (χ1) is 11.8. The molecule has 0 aliphatic carbocycles. The van der Waals surface area contributed by atoms with Gasteiger partial charge in [-0.1, -0.05) is 24.3 Å². The van der Waals surface area contributed by atoms with Gasteiger partial charge in [0, 0.05) is 6.54 Å². The molecule has 2 aliphatic rings. The van der Waals surface area contributed by atoms with E-state index in [0.29, 0.717) is 32.7 Å². The molecule has 0 aromatic heterocycles. The maximum atomic E-state index is 12.4. The van der Waals surface area contributed by atoms with Crippen LogP contribution in [0.4, 0.5) is 0 Å². The number of nitrogens with one attached hydrogen (secondary N) is 1. The second-order valence-corrected chi connectivity index (χ2v) is 9.21. The fourth-order valence-electron chi connectivity index (χ4n) is 3.51. The van der Waals surface area contributed by atoms with E-state index < -0.39 is 10.0 Å². The molecule has 6 nitrogen and oxygen atoms in total. The Labute approximate surface area is 149 Å². The lowest BCUT2D eigenvalue weighted by molar-refractivity contribution is -0.187. The minimum atomic E-state index is -3.16. The first-order valence-electron chi connectivity index (χ1n) is 8.67. The van der Waals surface area contributed by atoms with Crippen molar-refractivity contribution in [3.05, 3.63) is 35.4 Å². The number of rotatable bonds is 5. The Hall–Kier alpha value is -1.44. The molecule has 1 aromatic carbocycles. The van der Waals surface area contributed by atoms with E-state index in [4.69, 9.17) is 4.74 Å². The van der Waals surface area contributed by atoms with Crippen molar-refractivity contribution in [2.24, 2.45) is 5.92 Å². The van der Waals surface area contributed by atoms with Gasteiger partial charge in [0.25, 0.3) is 0 Å². The predicted octanol–water partition coefficient (Wildman–Crippen LogP) is 1.09. The Morgan fingerprint density at radius 2 is 2.08 bits per heavy atom. The lowest BCUT2D eigenvalue weighted by atomic mass is 9.82. The Bertz CT molecular complexity index is 731. The molecule has 1 N–H and O–H groups in total. The lowest BCUT2D eigenvalue weighted by Crippen LogP contribution is -2.66. The van der Waals surface area contributed by atoms with E-state index in [1.54, 1.807) is 0 Å². The molecule has 2 aliphatic heterocycles. The fourth-order valence-corrected chi connectivity index (χ4v) is 4.04. The fraction of sp³-hybridized carbons (Fsp3) is 0.611. The Balaban J connectivity index is 1.45. The molecule has 138 valence electrons. The van der Waals surface area contributed by atoms with Crippen LogP contribution in [0.3, 0.4) is 0 Å². The zero-order valence-corrected chi connectivity index (χ0v) is 15.6. The number of ether oxygens (including phenoxy) is 1. The number of hydrogen-bond acceptors (Lipinski definition) is 4. The van der Waals surface area contributed by atoms with Crippen LogP contribution < -0.4 is 4.72 Å². The van der Waals surface area contributed by atoms with Gasteiger partial charge in [0.2, 0.25) is 15.9 Å². The van der Waals surface area contributed by atoms with Gasteiger partial charge in [-0.15, -0.1) is 0 Å². The standard InChI is InChI=1S/C18H26N2O4S/c1-14-5-3-4-6-16(14)9-17(21)20-12-18(13-20)8-7-15(11-24-18)10-19-25(2,22)23/h3-6,15,19H,7-13H2,1-2H3. The molecule has 25 heavy (non-hydrogen) atoms. The molecule has 2 heterocycles.